The van der Waals surface area contributed by atoms with Crippen molar-refractivity contribution in [3.8, 4) is 16.3 Å². The molecule has 0 saturated heterocycles. The van der Waals surface area contributed by atoms with Crippen LogP contribution in [0.5, 0.6) is 5.75 Å². The minimum Gasteiger partial charge on any atom is -0.496 e. The first-order valence-electron chi connectivity index (χ1n) is 5.50. The fourth-order valence-electron chi connectivity index (χ4n) is 1.46. The zero-order valence-electron chi connectivity index (χ0n) is 10.5. The van der Waals surface area contributed by atoms with Gasteiger partial charge in [0.05, 0.1) is 12.7 Å². The lowest BCUT2D eigenvalue weighted by atomic mass is 9.98. The Bertz CT molecular complexity index is 514. The topological polar surface area (TPSA) is 35.0 Å². The van der Waals surface area contributed by atoms with Gasteiger partial charge in [0.1, 0.15) is 10.8 Å². The summed E-state index contributed by atoms with van der Waals surface area (Å²) in [5, 5.41) is 10.5. The molecule has 0 spiro atoms. The van der Waals surface area contributed by atoms with Gasteiger partial charge in [-0.05, 0) is 12.1 Å². The maximum Gasteiger partial charge on any atom is 0.151 e. The number of nitrogens with zero attached hydrogens (tertiary/aromatic N) is 2. The van der Waals surface area contributed by atoms with Crippen LogP contribution in [0.4, 0.5) is 0 Å². The predicted octanol–water partition coefficient (Wildman–Crippen LogP) is 3.51. The highest BCUT2D eigenvalue weighted by Crippen LogP contribution is 2.35. The molecule has 0 saturated carbocycles. The summed E-state index contributed by atoms with van der Waals surface area (Å²) < 4.78 is 5.33. The Morgan fingerprint density at radius 1 is 1.12 bits per heavy atom. The largest absolute Gasteiger partial charge is 0.496 e. The van der Waals surface area contributed by atoms with Crippen LogP contribution in [0.3, 0.4) is 0 Å². The highest BCUT2D eigenvalue weighted by Gasteiger charge is 2.20. The van der Waals surface area contributed by atoms with Crippen molar-refractivity contribution in [2.75, 3.05) is 7.11 Å². The van der Waals surface area contributed by atoms with Gasteiger partial charge in [-0.15, -0.1) is 10.2 Å². The van der Waals surface area contributed by atoms with Crippen LogP contribution in [0.2, 0.25) is 0 Å². The standard InChI is InChI=1S/C13H16N2OS/c1-13(2,3)12-15-14-11(17-12)9-7-5-6-8-10(9)16-4/h5-8H,1-4H3. The predicted molar refractivity (Wildman–Crippen MR) is 70.6 cm³/mol. The summed E-state index contributed by atoms with van der Waals surface area (Å²) >= 11 is 1.62. The van der Waals surface area contributed by atoms with Crippen LogP contribution < -0.4 is 4.74 Å². The van der Waals surface area contributed by atoms with Gasteiger partial charge in [0.25, 0.3) is 0 Å². The van der Waals surface area contributed by atoms with E-state index in [2.05, 4.69) is 31.0 Å². The molecule has 0 aliphatic carbocycles. The number of methoxy groups -OCH3 is 1. The summed E-state index contributed by atoms with van der Waals surface area (Å²) in [6.45, 7) is 6.42. The van der Waals surface area contributed by atoms with Crippen molar-refractivity contribution < 1.29 is 4.74 Å². The summed E-state index contributed by atoms with van der Waals surface area (Å²) in [6.07, 6.45) is 0. The van der Waals surface area contributed by atoms with E-state index in [1.54, 1.807) is 18.4 Å². The lowest BCUT2D eigenvalue weighted by molar-refractivity contribution is 0.416. The molecule has 0 N–H and O–H groups in total. The average molecular weight is 248 g/mol. The van der Waals surface area contributed by atoms with Crippen molar-refractivity contribution >= 4 is 11.3 Å². The van der Waals surface area contributed by atoms with Crippen molar-refractivity contribution in [2.24, 2.45) is 0 Å². The molecular formula is C13H16N2OS. The van der Waals surface area contributed by atoms with Gasteiger partial charge >= 0.3 is 0 Å². The second-order valence-electron chi connectivity index (χ2n) is 4.86. The number of ether oxygens (including phenoxy) is 1. The Hall–Kier alpha value is -1.42. The molecular weight excluding hydrogens is 232 g/mol. The van der Waals surface area contributed by atoms with Gasteiger partial charge in [-0.3, -0.25) is 0 Å². The molecule has 2 rings (SSSR count). The Kier molecular flexibility index (Phi) is 3.15. The lowest BCUT2D eigenvalue weighted by Crippen LogP contribution is -2.10. The zero-order chi connectivity index (χ0) is 12.5. The molecule has 1 aromatic heterocycles. The zero-order valence-corrected chi connectivity index (χ0v) is 11.3. The van der Waals surface area contributed by atoms with Crippen molar-refractivity contribution in [2.45, 2.75) is 26.2 Å². The van der Waals surface area contributed by atoms with Crippen LogP contribution in [-0.4, -0.2) is 17.3 Å². The third-order valence-electron chi connectivity index (χ3n) is 2.40. The van der Waals surface area contributed by atoms with Crippen LogP contribution >= 0.6 is 11.3 Å². The number of benzene rings is 1. The van der Waals surface area contributed by atoms with Gasteiger partial charge < -0.3 is 4.74 Å². The molecule has 1 heterocycles. The molecule has 17 heavy (non-hydrogen) atoms. The minimum absolute atomic E-state index is 0.0396. The maximum absolute atomic E-state index is 5.33. The fourth-order valence-corrected chi connectivity index (χ4v) is 2.39. The first kappa shape index (κ1) is 12.0. The first-order chi connectivity index (χ1) is 8.02. The second-order valence-corrected chi connectivity index (χ2v) is 5.84. The van der Waals surface area contributed by atoms with Gasteiger partial charge in [-0.25, -0.2) is 0 Å². The van der Waals surface area contributed by atoms with Gasteiger partial charge in [-0.1, -0.05) is 44.2 Å². The third-order valence-corrected chi connectivity index (χ3v) is 3.79. The van der Waals surface area contributed by atoms with Crippen molar-refractivity contribution in [1.82, 2.24) is 10.2 Å². The fraction of sp³-hybridized carbons (Fsp3) is 0.385. The SMILES string of the molecule is COc1ccccc1-c1nnc(C(C)(C)C)s1. The highest BCUT2D eigenvalue weighted by molar-refractivity contribution is 7.14. The molecule has 0 aliphatic heterocycles. The Morgan fingerprint density at radius 3 is 2.41 bits per heavy atom. The molecule has 0 radical (unpaired) electrons. The molecule has 0 aliphatic rings. The minimum atomic E-state index is 0.0396. The summed E-state index contributed by atoms with van der Waals surface area (Å²) in [7, 11) is 1.67. The Labute approximate surface area is 105 Å². The van der Waals surface area contributed by atoms with E-state index < -0.39 is 0 Å². The van der Waals surface area contributed by atoms with Crippen LogP contribution in [0.15, 0.2) is 24.3 Å². The number of rotatable bonds is 2. The van der Waals surface area contributed by atoms with E-state index in [0.29, 0.717) is 0 Å². The molecule has 2 aromatic rings. The van der Waals surface area contributed by atoms with Gasteiger partial charge in [0, 0.05) is 5.41 Å². The molecule has 0 bridgehead atoms. The summed E-state index contributed by atoms with van der Waals surface area (Å²) in [6, 6.07) is 7.88. The molecule has 3 nitrogen and oxygen atoms in total. The van der Waals surface area contributed by atoms with Crippen LogP contribution in [0, 0.1) is 0 Å². The quantitative estimate of drug-likeness (QED) is 0.815. The van der Waals surface area contributed by atoms with Crippen LogP contribution in [-0.2, 0) is 5.41 Å². The summed E-state index contributed by atoms with van der Waals surface area (Å²) in [4.78, 5) is 0. The molecule has 4 heteroatoms. The van der Waals surface area contributed by atoms with E-state index >= 15 is 0 Å². The van der Waals surface area contributed by atoms with E-state index in [-0.39, 0.29) is 5.41 Å². The highest BCUT2D eigenvalue weighted by atomic mass is 32.1. The third kappa shape index (κ3) is 2.47. The molecule has 90 valence electrons. The number of hydrogen-bond donors (Lipinski definition) is 0. The molecule has 0 amide bonds. The summed E-state index contributed by atoms with van der Waals surface area (Å²) in [5.41, 5.74) is 1.04. The monoisotopic (exact) mass is 248 g/mol. The molecule has 1 aromatic carbocycles. The smallest absolute Gasteiger partial charge is 0.151 e. The molecule has 0 unspecified atom stereocenters. The van der Waals surface area contributed by atoms with Crippen LogP contribution in [0.25, 0.3) is 10.6 Å². The van der Waals surface area contributed by atoms with Gasteiger partial charge in [-0.2, -0.15) is 0 Å². The molecule has 0 atom stereocenters. The van der Waals surface area contributed by atoms with E-state index in [0.717, 1.165) is 21.3 Å². The van der Waals surface area contributed by atoms with E-state index in [1.807, 2.05) is 24.3 Å². The number of hydrogen-bond acceptors (Lipinski definition) is 4. The van der Waals surface area contributed by atoms with Crippen LogP contribution in [0.1, 0.15) is 25.8 Å². The van der Waals surface area contributed by atoms with E-state index in [9.17, 15) is 0 Å². The van der Waals surface area contributed by atoms with E-state index in [1.165, 1.54) is 0 Å². The first-order valence-corrected chi connectivity index (χ1v) is 6.31. The number of para-hydroxylation sites is 1. The summed E-state index contributed by atoms with van der Waals surface area (Å²) in [5.74, 6) is 0.837. The molecule has 0 fully saturated rings. The number of aromatic nitrogens is 2. The van der Waals surface area contributed by atoms with E-state index in [4.69, 9.17) is 4.74 Å². The lowest BCUT2D eigenvalue weighted by Gasteiger charge is -2.12. The second kappa shape index (κ2) is 4.45. The van der Waals surface area contributed by atoms with Crippen molar-refractivity contribution in [1.29, 1.82) is 0 Å². The average Bonchev–Trinajstić information content (AvgIpc) is 2.77. The van der Waals surface area contributed by atoms with Crippen molar-refractivity contribution in [3.05, 3.63) is 29.3 Å². The Balaban J connectivity index is 2.44. The van der Waals surface area contributed by atoms with Gasteiger partial charge in [0.15, 0.2) is 5.01 Å². The van der Waals surface area contributed by atoms with Gasteiger partial charge in [0.2, 0.25) is 0 Å². The van der Waals surface area contributed by atoms with Crippen molar-refractivity contribution in [3.63, 3.8) is 0 Å². The Morgan fingerprint density at radius 2 is 1.82 bits per heavy atom. The maximum atomic E-state index is 5.33. The normalized spacial score (nSPS) is 11.5.